The van der Waals surface area contributed by atoms with E-state index < -0.39 is 0 Å². The monoisotopic (exact) mass is 129 g/mol. The highest BCUT2D eigenvalue weighted by atomic mass is 16.5. The molecule has 0 aliphatic rings. The number of aliphatic imine (C=N–C) groups is 2. The molecule has 52 valence electrons. The van der Waals surface area contributed by atoms with Gasteiger partial charge in [-0.25, -0.2) is 0 Å². The number of nitrogens with zero attached hydrogens (tertiary/aromatic N) is 2. The summed E-state index contributed by atoms with van der Waals surface area (Å²) >= 11 is 0. The lowest BCUT2D eigenvalue weighted by molar-refractivity contribution is 0.400. The van der Waals surface area contributed by atoms with E-state index in [0.717, 1.165) is 0 Å². The Hall–Kier alpha value is -1.06. The number of rotatable bonds is 0. The lowest BCUT2D eigenvalue weighted by atomic mass is 10.7. The molecule has 0 atom stereocenters. The second-order valence-corrected chi connectivity index (χ2v) is 1.42. The van der Waals surface area contributed by atoms with Gasteiger partial charge in [0.25, 0.3) is 0 Å². The average molecular weight is 129 g/mol. The fourth-order valence-electron chi connectivity index (χ4n) is 0.257. The normalized spacial score (nSPS) is 13.7. The van der Waals surface area contributed by atoms with Gasteiger partial charge in [-0.2, -0.15) is 4.99 Å². The first-order chi connectivity index (χ1) is 4.20. The molecule has 0 fully saturated rings. The minimum atomic E-state index is 0.231. The molecule has 0 aliphatic heterocycles. The molecule has 0 aromatic heterocycles. The SMILES string of the molecule is CN=C(N)N=C(C)OC. The van der Waals surface area contributed by atoms with Crippen molar-refractivity contribution in [2.75, 3.05) is 14.2 Å². The van der Waals surface area contributed by atoms with Gasteiger partial charge < -0.3 is 10.5 Å². The molecule has 0 aliphatic carbocycles. The van der Waals surface area contributed by atoms with E-state index in [-0.39, 0.29) is 5.96 Å². The maximum absolute atomic E-state index is 5.23. The molecule has 0 unspecified atom stereocenters. The molecule has 0 bridgehead atoms. The first-order valence-corrected chi connectivity index (χ1v) is 2.52. The highest BCUT2D eigenvalue weighted by Crippen LogP contribution is 1.77. The van der Waals surface area contributed by atoms with Crippen LogP contribution in [0.15, 0.2) is 9.98 Å². The Morgan fingerprint density at radius 1 is 1.56 bits per heavy atom. The fourth-order valence-corrected chi connectivity index (χ4v) is 0.257. The van der Waals surface area contributed by atoms with Crippen LogP contribution in [0.4, 0.5) is 0 Å². The molecule has 0 amide bonds. The molecular weight excluding hydrogens is 118 g/mol. The Balaban J connectivity index is 3.95. The van der Waals surface area contributed by atoms with Crippen LogP contribution in [0.1, 0.15) is 6.92 Å². The average Bonchev–Trinajstić information content (AvgIpc) is 1.87. The molecule has 0 rings (SSSR count). The summed E-state index contributed by atoms with van der Waals surface area (Å²) in [5.41, 5.74) is 5.23. The Morgan fingerprint density at radius 2 is 2.11 bits per heavy atom. The first-order valence-electron chi connectivity index (χ1n) is 2.52. The van der Waals surface area contributed by atoms with Gasteiger partial charge in [-0.3, -0.25) is 4.99 Å². The quantitative estimate of drug-likeness (QED) is 0.369. The summed E-state index contributed by atoms with van der Waals surface area (Å²) in [5.74, 6) is 0.743. The molecular formula is C5H11N3O. The maximum atomic E-state index is 5.23. The molecule has 0 radical (unpaired) electrons. The molecule has 0 saturated heterocycles. The van der Waals surface area contributed by atoms with Crippen molar-refractivity contribution >= 4 is 11.9 Å². The fraction of sp³-hybridized carbons (Fsp3) is 0.600. The van der Waals surface area contributed by atoms with Crippen LogP contribution >= 0.6 is 0 Å². The van der Waals surface area contributed by atoms with E-state index in [1.807, 2.05) is 0 Å². The number of nitrogens with two attached hydrogens (primary N) is 1. The number of hydrogen-bond donors (Lipinski definition) is 1. The van der Waals surface area contributed by atoms with Gasteiger partial charge in [-0.1, -0.05) is 0 Å². The van der Waals surface area contributed by atoms with Gasteiger partial charge in [0, 0.05) is 14.0 Å². The molecule has 4 heteroatoms. The zero-order valence-corrected chi connectivity index (χ0v) is 5.88. The molecule has 4 nitrogen and oxygen atoms in total. The smallest absolute Gasteiger partial charge is 0.218 e. The minimum Gasteiger partial charge on any atom is -0.484 e. The molecule has 2 N–H and O–H groups in total. The van der Waals surface area contributed by atoms with Crippen molar-refractivity contribution < 1.29 is 4.74 Å². The van der Waals surface area contributed by atoms with Gasteiger partial charge in [0.05, 0.1) is 7.11 Å². The number of hydrogen-bond acceptors (Lipinski definition) is 2. The van der Waals surface area contributed by atoms with Crippen LogP contribution < -0.4 is 5.73 Å². The van der Waals surface area contributed by atoms with Crippen molar-refractivity contribution in [3.63, 3.8) is 0 Å². The first kappa shape index (κ1) is 7.94. The summed E-state index contributed by atoms with van der Waals surface area (Å²) in [7, 11) is 3.10. The third kappa shape index (κ3) is 3.52. The summed E-state index contributed by atoms with van der Waals surface area (Å²) < 4.78 is 4.71. The number of guanidine groups is 1. The minimum absolute atomic E-state index is 0.231. The predicted octanol–water partition coefficient (Wildman–Crippen LogP) is -0.00430. The van der Waals surface area contributed by atoms with E-state index in [9.17, 15) is 0 Å². The Bertz CT molecular complexity index is 139. The van der Waals surface area contributed by atoms with E-state index >= 15 is 0 Å². The van der Waals surface area contributed by atoms with Crippen molar-refractivity contribution in [2.24, 2.45) is 15.7 Å². The van der Waals surface area contributed by atoms with Crippen LogP contribution in [0, 0.1) is 0 Å². The summed E-state index contributed by atoms with van der Waals surface area (Å²) in [6.45, 7) is 1.71. The summed E-state index contributed by atoms with van der Waals surface area (Å²) in [4.78, 5) is 7.34. The van der Waals surface area contributed by atoms with Crippen molar-refractivity contribution in [3.8, 4) is 0 Å². The van der Waals surface area contributed by atoms with Crippen molar-refractivity contribution in [3.05, 3.63) is 0 Å². The largest absolute Gasteiger partial charge is 0.484 e. The second-order valence-electron chi connectivity index (χ2n) is 1.42. The molecule has 0 heterocycles. The van der Waals surface area contributed by atoms with Crippen molar-refractivity contribution in [2.45, 2.75) is 6.92 Å². The highest BCUT2D eigenvalue weighted by Gasteiger charge is 1.86. The van der Waals surface area contributed by atoms with Gasteiger partial charge >= 0.3 is 0 Å². The van der Waals surface area contributed by atoms with E-state index in [0.29, 0.717) is 5.90 Å². The molecule has 0 aromatic carbocycles. The topological polar surface area (TPSA) is 60.0 Å². The van der Waals surface area contributed by atoms with Gasteiger partial charge in [0.1, 0.15) is 0 Å². The Labute approximate surface area is 54.4 Å². The molecule has 9 heavy (non-hydrogen) atoms. The van der Waals surface area contributed by atoms with Crippen LogP contribution in [0.25, 0.3) is 0 Å². The Kier molecular flexibility index (Phi) is 3.43. The van der Waals surface area contributed by atoms with Gasteiger partial charge in [-0.15, -0.1) is 0 Å². The van der Waals surface area contributed by atoms with Gasteiger partial charge in [0.15, 0.2) is 5.90 Å². The zero-order chi connectivity index (χ0) is 7.28. The number of ether oxygens (including phenoxy) is 1. The van der Waals surface area contributed by atoms with Gasteiger partial charge in [0.2, 0.25) is 5.96 Å². The summed E-state index contributed by atoms with van der Waals surface area (Å²) in [6, 6.07) is 0. The molecule has 0 aromatic rings. The summed E-state index contributed by atoms with van der Waals surface area (Å²) in [5, 5.41) is 0. The van der Waals surface area contributed by atoms with Crippen molar-refractivity contribution in [1.29, 1.82) is 0 Å². The lowest BCUT2D eigenvalue weighted by Gasteiger charge is -1.94. The zero-order valence-electron chi connectivity index (χ0n) is 5.88. The second kappa shape index (κ2) is 3.88. The number of methoxy groups -OCH3 is 1. The summed E-state index contributed by atoms with van der Waals surface area (Å²) in [6.07, 6.45) is 0. The van der Waals surface area contributed by atoms with Crippen LogP contribution in [-0.4, -0.2) is 26.0 Å². The third-order valence-electron chi connectivity index (χ3n) is 0.797. The highest BCUT2D eigenvalue weighted by molar-refractivity contribution is 5.91. The third-order valence-corrected chi connectivity index (χ3v) is 0.797. The van der Waals surface area contributed by atoms with Crippen LogP contribution in [0.3, 0.4) is 0 Å². The van der Waals surface area contributed by atoms with E-state index in [1.165, 1.54) is 7.11 Å². The van der Waals surface area contributed by atoms with E-state index in [2.05, 4.69) is 9.98 Å². The molecule has 0 spiro atoms. The lowest BCUT2D eigenvalue weighted by Crippen LogP contribution is -2.11. The standard InChI is InChI=1S/C5H11N3O/c1-4(9-3)8-5(6)7-2/h1-3H3,(H2,6,7). The van der Waals surface area contributed by atoms with Crippen LogP contribution in [0.2, 0.25) is 0 Å². The van der Waals surface area contributed by atoms with Crippen molar-refractivity contribution in [1.82, 2.24) is 0 Å². The van der Waals surface area contributed by atoms with Gasteiger partial charge in [-0.05, 0) is 0 Å². The predicted molar refractivity (Wildman–Crippen MR) is 37.7 cm³/mol. The molecule has 0 saturated carbocycles. The van der Waals surface area contributed by atoms with E-state index in [1.54, 1.807) is 14.0 Å². The van der Waals surface area contributed by atoms with E-state index in [4.69, 9.17) is 10.5 Å². The Morgan fingerprint density at radius 3 is 2.44 bits per heavy atom. The van der Waals surface area contributed by atoms with Crippen LogP contribution in [0.5, 0.6) is 0 Å². The van der Waals surface area contributed by atoms with Crippen LogP contribution in [-0.2, 0) is 4.74 Å². The maximum Gasteiger partial charge on any atom is 0.218 e.